The molecule has 0 aliphatic heterocycles. The van der Waals surface area contributed by atoms with E-state index in [0.29, 0.717) is 12.5 Å². The molecule has 19 heavy (non-hydrogen) atoms. The monoisotopic (exact) mass is 257 g/mol. The van der Waals surface area contributed by atoms with Crippen LogP contribution in [-0.4, -0.2) is 11.9 Å². The topological polar surface area (TPSA) is 29.1 Å². The lowest BCUT2D eigenvalue weighted by Gasteiger charge is -2.22. The van der Waals surface area contributed by atoms with E-state index in [4.69, 9.17) is 0 Å². The van der Waals surface area contributed by atoms with Gasteiger partial charge in [0.15, 0.2) is 0 Å². The van der Waals surface area contributed by atoms with Crippen molar-refractivity contribution >= 4 is 12.0 Å². The SMILES string of the molecule is C/C(=C\c1ccccc1)CC(=O)NC1CCCCC1. The average molecular weight is 257 g/mol. The minimum absolute atomic E-state index is 0.164. The van der Waals surface area contributed by atoms with E-state index >= 15 is 0 Å². The molecule has 2 heteroatoms. The van der Waals surface area contributed by atoms with Crippen LogP contribution in [0.1, 0.15) is 51.0 Å². The minimum atomic E-state index is 0.164. The maximum Gasteiger partial charge on any atom is 0.224 e. The van der Waals surface area contributed by atoms with E-state index in [1.54, 1.807) is 0 Å². The lowest BCUT2D eigenvalue weighted by Crippen LogP contribution is -2.36. The van der Waals surface area contributed by atoms with Crippen LogP contribution < -0.4 is 5.32 Å². The predicted octanol–water partition coefficient (Wildman–Crippen LogP) is 3.93. The summed E-state index contributed by atoms with van der Waals surface area (Å²) in [6.45, 7) is 2.02. The Bertz CT molecular complexity index is 430. The Labute approximate surface area is 115 Å². The summed E-state index contributed by atoms with van der Waals surface area (Å²) in [6, 6.07) is 10.6. The summed E-state index contributed by atoms with van der Waals surface area (Å²) in [6.07, 6.45) is 8.71. The average Bonchev–Trinajstić information content (AvgIpc) is 2.40. The van der Waals surface area contributed by atoms with E-state index in [9.17, 15) is 4.79 Å². The summed E-state index contributed by atoms with van der Waals surface area (Å²) < 4.78 is 0. The molecule has 1 amide bonds. The van der Waals surface area contributed by atoms with E-state index in [-0.39, 0.29) is 5.91 Å². The highest BCUT2D eigenvalue weighted by Crippen LogP contribution is 2.18. The van der Waals surface area contributed by atoms with Crippen LogP contribution in [0.5, 0.6) is 0 Å². The molecule has 0 heterocycles. The molecule has 1 aliphatic rings. The molecule has 102 valence electrons. The standard InChI is InChI=1S/C17H23NO/c1-14(12-15-8-4-2-5-9-15)13-17(19)18-16-10-6-3-7-11-16/h2,4-5,8-9,12,16H,3,6-7,10-11,13H2,1H3,(H,18,19)/b14-12+. The van der Waals surface area contributed by atoms with Gasteiger partial charge < -0.3 is 5.32 Å². The Morgan fingerprint density at radius 3 is 2.58 bits per heavy atom. The molecule has 0 radical (unpaired) electrons. The fraction of sp³-hybridized carbons (Fsp3) is 0.471. The molecule has 0 bridgehead atoms. The second-order valence-electron chi connectivity index (χ2n) is 5.48. The summed E-state index contributed by atoms with van der Waals surface area (Å²) in [7, 11) is 0. The summed E-state index contributed by atoms with van der Waals surface area (Å²) in [4.78, 5) is 12.0. The van der Waals surface area contributed by atoms with Gasteiger partial charge in [0.2, 0.25) is 5.91 Å². The Morgan fingerprint density at radius 2 is 1.89 bits per heavy atom. The van der Waals surface area contributed by atoms with E-state index in [0.717, 1.165) is 24.0 Å². The van der Waals surface area contributed by atoms with Gasteiger partial charge in [0, 0.05) is 12.5 Å². The maximum atomic E-state index is 12.0. The number of amides is 1. The van der Waals surface area contributed by atoms with Gasteiger partial charge in [-0.2, -0.15) is 0 Å². The third-order valence-corrected chi connectivity index (χ3v) is 3.62. The van der Waals surface area contributed by atoms with E-state index in [2.05, 4.69) is 23.5 Å². The third-order valence-electron chi connectivity index (χ3n) is 3.62. The molecule has 2 nitrogen and oxygen atoms in total. The second kappa shape index (κ2) is 7.13. The first-order chi connectivity index (χ1) is 9.24. The van der Waals surface area contributed by atoms with Crippen molar-refractivity contribution in [2.45, 2.75) is 51.5 Å². The quantitative estimate of drug-likeness (QED) is 0.870. The zero-order valence-electron chi connectivity index (χ0n) is 11.7. The lowest BCUT2D eigenvalue weighted by molar-refractivity contribution is -0.121. The van der Waals surface area contributed by atoms with E-state index < -0.39 is 0 Å². The van der Waals surface area contributed by atoms with Gasteiger partial charge in [-0.05, 0) is 25.3 Å². The van der Waals surface area contributed by atoms with Crippen LogP contribution in [-0.2, 0) is 4.79 Å². The number of nitrogens with one attached hydrogen (secondary N) is 1. The molecular formula is C17H23NO. The summed E-state index contributed by atoms with van der Waals surface area (Å²) >= 11 is 0. The van der Waals surface area contributed by atoms with Crippen molar-refractivity contribution in [2.75, 3.05) is 0 Å². The van der Waals surface area contributed by atoms with Gasteiger partial charge in [-0.1, -0.05) is 61.2 Å². The Balaban J connectivity index is 1.82. The third kappa shape index (κ3) is 4.90. The second-order valence-corrected chi connectivity index (χ2v) is 5.48. The van der Waals surface area contributed by atoms with Gasteiger partial charge >= 0.3 is 0 Å². The molecule has 1 saturated carbocycles. The Morgan fingerprint density at radius 1 is 1.21 bits per heavy atom. The van der Waals surface area contributed by atoms with Crippen LogP contribution in [0.15, 0.2) is 35.9 Å². The number of rotatable bonds is 4. The van der Waals surface area contributed by atoms with Crippen LogP contribution >= 0.6 is 0 Å². The highest BCUT2D eigenvalue weighted by Gasteiger charge is 2.15. The fourth-order valence-corrected chi connectivity index (χ4v) is 2.66. The van der Waals surface area contributed by atoms with Crippen molar-refractivity contribution in [3.05, 3.63) is 41.5 Å². The first kappa shape index (κ1) is 13.9. The lowest BCUT2D eigenvalue weighted by atomic mass is 9.95. The fourth-order valence-electron chi connectivity index (χ4n) is 2.66. The molecule has 0 spiro atoms. The molecule has 0 saturated heterocycles. The molecular weight excluding hydrogens is 234 g/mol. The number of hydrogen-bond acceptors (Lipinski definition) is 1. The van der Waals surface area contributed by atoms with Gasteiger partial charge in [-0.25, -0.2) is 0 Å². The van der Waals surface area contributed by atoms with Crippen LogP contribution in [0.4, 0.5) is 0 Å². The van der Waals surface area contributed by atoms with E-state index in [1.807, 2.05) is 25.1 Å². The first-order valence-electron chi connectivity index (χ1n) is 7.25. The number of carbonyl (C=O) groups is 1. The highest BCUT2D eigenvalue weighted by molar-refractivity contribution is 5.80. The Hall–Kier alpha value is -1.57. The van der Waals surface area contributed by atoms with Gasteiger partial charge in [-0.15, -0.1) is 0 Å². The van der Waals surface area contributed by atoms with Crippen molar-refractivity contribution in [3.63, 3.8) is 0 Å². The first-order valence-corrected chi connectivity index (χ1v) is 7.25. The maximum absolute atomic E-state index is 12.0. The predicted molar refractivity (Wildman–Crippen MR) is 79.7 cm³/mol. The largest absolute Gasteiger partial charge is 0.353 e. The summed E-state index contributed by atoms with van der Waals surface area (Å²) in [5, 5.41) is 3.16. The molecule has 1 aromatic rings. The zero-order chi connectivity index (χ0) is 13.5. The van der Waals surface area contributed by atoms with Gasteiger partial charge in [-0.3, -0.25) is 4.79 Å². The van der Waals surface area contributed by atoms with Crippen molar-refractivity contribution in [1.29, 1.82) is 0 Å². The molecule has 1 N–H and O–H groups in total. The van der Waals surface area contributed by atoms with Crippen molar-refractivity contribution in [2.24, 2.45) is 0 Å². The number of carbonyl (C=O) groups excluding carboxylic acids is 1. The Kier molecular flexibility index (Phi) is 5.20. The number of hydrogen-bond donors (Lipinski definition) is 1. The van der Waals surface area contributed by atoms with Crippen molar-refractivity contribution in [3.8, 4) is 0 Å². The zero-order valence-corrected chi connectivity index (χ0v) is 11.7. The summed E-state index contributed by atoms with van der Waals surface area (Å²) in [5.41, 5.74) is 2.27. The molecule has 2 rings (SSSR count). The molecule has 0 aromatic heterocycles. The van der Waals surface area contributed by atoms with Crippen LogP contribution in [0, 0.1) is 0 Å². The van der Waals surface area contributed by atoms with Gasteiger partial charge in [0.25, 0.3) is 0 Å². The normalized spacial score (nSPS) is 17.2. The van der Waals surface area contributed by atoms with E-state index in [1.165, 1.54) is 19.3 Å². The smallest absolute Gasteiger partial charge is 0.224 e. The van der Waals surface area contributed by atoms with Crippen LogP contribution in [0.2, 0.25) is 0 Å². The molecule has 0 unspecified atom stereocenters. The summed E-state index contributed by atoms with van der Waals surface area (Å²) in [5.74, 6) is 0.164. The molecule has 0 atom stereocenters. The van der Waals surface area contributed by atoms with Gasteiger partial charge in [0.1, 0.15) is 0 Å². The number of benzene rings is 1. The van der Waals surface area contributed by atoms with Crippen LogP contribution in [0.25, 0.3) is 6.08 Å². The van der Waals surface area contributed by atoms with Crippen molar-refractivity contribution < 1.29 is 4.79 Å². The molecule has 1 fully saturated rings. The highest BCUT2D eigenvalue weighted by atomic mass is 16.1. The molecule has 1 aliphatic carbocycles. The van der Waals surface area contributed by atoms with Gasteiger partial charge in [0.05, 0.1) is 0 Å². The molecule has 1 aromatic carbocycles. The minimum Gasteiger partial charge on any atom is -0.353 e. The van der Waals surface area contributed by atoms with Crippen LogP contribution in [0.3, 0.4) is 0 Å². The van der Waals surface area contributed by atoms with Crippen molar-refractivity contribution in [1.82, 2.24) is 5.32 Å².